The number of aromatic nitrogens is 1. The first-order valence-electron chi connectivity index (χ1n) is 11.5. The molecule has 9 heteroatoms. The van der Waals surface area contributed by atoms with Crippen molar-refractivity contribution in [3.63, 3.8) is 0 Å². The van der Waals surface area contributed by atoms with Crippen molar-refractivity contribution in [2.24, 2.45) is 0 Å². The van der Waals surface area contributed by atoms with Crippen LogP contribution in [0.2, 0.25) is 0 Å². The minimum absolute atomic E-state index is 0.121. The van der Waals surface area contributed by atoms with Gasteiger partial charge in [-0.2, -0.15) is 13.2 Å². The summed E-state index contributed by atoms with van der Waals surface area (Å²) in [6.07, 6.45) is -2.04. The van der Waals surface area contributed by atoms with Gasteiger partial charge in [0.05, 0.1) is 21.2 Å². The highest BCUT2D eigenvalue weighted by Gasteiger charge is 2.33. The van der Waals surface area contributed by atoms with Crippen molar-refractivity contribution in [1.82, 2.24) is 10.3 Å². The molecule has 3 aromatic carbocycles. The van der Waals surface area contributed by atoms with Crippen LogP contribution >= 0.6 is 0 Å². The summed E-state index contributed by atoms with van der Waals surface area (Å²) >= 11 is 0. The van der Waals surface area contributed by atoms with E-state index in [1.807, 2.05) is 0 Å². The van der Waals surface area contributed by atoms with Crippen LogP contribution < -0.4 is 10.1 Å². The number of pyridine rings is 1. The maximum Gasteiger partial charge on any atom is 0.418 e. The maximum atomic E-state index is 13.5. The molecule has 0 amide bonds. The van der Waals surface area contributed by atoms with Crippen molar-refractivity contribution in [3.05, 3.63) is 84.6 Å². The molecule has 36 heavy (non-hydrogen) atoms. The standard InChI is InChI=1S/C27H23F3N2O3S/c28-27(29,30)25-9-3-8-24-23(12-15-32-26(24)25)18-4-1-5-19(16-18)35-20-6-2-7-22(17-20)36(33,34)21-10-13-31-14-11-21/h1-9,12,15-17,21,31H,10-11,13-14H2. The number of halogens is 3. The number of sulfone groups is 1. The minimum atomic E-state index is -4.52. The number of ether oxygens (including phenoxy) is 1. The third-order valence-corrected chi connectivity index (χ3v) is 8.58. The smallest absolute Gasteiger partial charge is 0.418 e. The number of hydrogen-bond acceptors (Lipinski definition) is 5. The van der Waals surface area contributed by atoms with Crippen molar-refractivity contribution in [3.8, 4) is 22.6 Å². The minimum Gasteiger partial charge on any atom is -0.457 e. The van der Waals surface area contributed by atoms with Gasteiger partial charge in [-0.3, -0.25) is 4.98 Å². The van der Waals surface area contributed by atoms with Crippen LogP contribution in [0.25, 0.3) is 22.0 Å². The molecule has 0 aliphatic carbocycles. The molecule has 0 unspecified atom stereocenters. The highest BCUT2D eigenvalue weighted by Crippen LogP contribution is 2.38. The van der Waals surface area contributed by atoms with Gasteiger partial charge in [0.2, 0.25) is 0 Å². The summed E-state index contributed by atoms with van der Waals surface area (Å²) in [4.78, 5) is 4.19. The van der Waals surface area contributed by atoms with Crippen molar-refractivity contribution in [2.45, 2.75) is 29.2 Å². The molecule has 186 valence electrons. The van der Waals surface area contributed by atoms with Gasteiger partial charge in [0.25, 0.3) is 0 Å². The largest absolute Gasteiger partial charge is 0.457 e. The number of hydrogen-bond donors (Lipinski definition) is 1. The molecule has 1 N–H and O–H groups in total. The van der Waals surface area contributed by atoms with Gasteiger partial charge in [-0.1, -0.05) is 30.3 Å². The summed E-state index contributed by atoms with van der Waals surface area (Å²) in [5.41, 5.74) is 0.321. The second kappa shape index (κ2) is 9.55. The van der Waals surface area contributed by atoms with Crippen LogP contribution in [-0.4, -0.2) is 31.7 Å². The van der Waals surface area contributed by atoms with Crippen LogP contribution in [0.4, 0.5) is 13.2 Å². The molecule has 0 saturated carbocycles. The van der Waals surface area contributed by atoms with Crippen LogP contribution in [0.15, 0.2) is 83.9 Å². The molecule has 2 heterocycles. The molecular weight excluding hydrogens is 489 g/mol. The summed E-state index contributed by atoms with van der Waals surface area (Å²) in [6.45, 7) is 1.34. The highest BCUT2D eigenvalue weighted by molar-refractivity contribution is 7.92. The lowest BCUT2D eigenvalue weighted by Gasteiger charge is -2.22. The average molecular weight is 513 g/mol. The Hall–Kier alpha value is -3.43. The number of benzene rings is 3. The van der Waals surface area contributed by atoms with E-state index in [-0.39, 0.29) is 10.4 Å². The summed E-state index contributed by atoms with van der Waals surface area (Å²) in [5, 5.41) is 3.12. The van der Waals surface area contributed by atoms with Crippen molar-refractivity contribution < 1.29 is 26.3 Å². The number of rotatable bonds is 5. The Labute approximate surface area is 206 Å². The molecule has 5 nitrogen and oxygen atoms in total. The number of nitrogens with one attached hydrogen (secondary N) is 1. The maximum absolute atomic E-state index is 13.5. The van der Waals surface area contributed by atoms with Crippen LogP contribution in [0.3, 0.4) is 0 Å². The molecule has 0 atom stereocenters. The molecule has 5 rings (SSSR count). The normalized spacial score (nSPS) is 15.2. The zero-order valence-electron chi connectivity index (χ0n) is 19.1. The van der Waals surface area contributed by atoms with Crippen molar-refractivity contribution in [1.29, 1.82) is 0 Å². The van der Waals surface area contributed by atoms with Gasteiger partial charge in [-0.05, 0) is 79.5 Å². The molecule has 0 bridgehead atoms. The summed E-state index contributed by atoms with van der Waals surface area (Å²) in [7, 11) is -3.49. The van der Waals surface area contributed by atoms with E-state index in [2.05, 4.69) is 10.3 Å². The van der Waals surface area contributed by atoms with Gasteiger partial charge in [0, 0.05) is 11.6 Å². The van der Waals surface area contributed by atoms with Crippen LogP contribution in [0.5, 0.6) is 11.5 Å². The van der Waals surface area contributed by atoms with Crippen LogP contribution in [0.1, 0.15) is 18.4 Å². The first-order valence-corrected chi connectivity index (χ1v) is 13.1. The zero-order valence-corrected chi connectivity index (χ0v) is 19.9. The first kappa shape index (κ1) is 24.3. The van der Waals surface area contributed by atoms with Crippen molar-refractivity contribution in [2.75, 3.05) is 13.1 Å². The Morgan fingerprint density at radius 2 is 1.58 bits per heavy atom. The summed E-state index contributed by atoms with van der Waals surface area (Å²) < 4.78 is 72.6. The van der Waals surface area contributed by atoms with Crippen LogP contribution in [-0.2, 0) is 16.0 Å². The van der Waals surface area contributed by atoms with Gasteiger partial charge in [-0.15, -0.1) is 0 Å². The third-order valence-electron chi connectivity index (χ3n) is 6.32. The lowest BCUT2D eigenvalue weighted by molar-refractivity contribution is -0.136. The van der Waals surface area contributed by atoms with E-state index in [4.69, 9.17) is 4.74 Å². The molecule has 1 aliphatic rings. The third kappa shape index (κ3) is 4.81. The molecular formula is C27H23F3N2O3S. The van der Waals surface area contributed by atoms with E-state index in [0.717, 1.165) is 6.07 Å². The fourth-order valence-corrected chi connectivity index (χ4v) is 6.32. The topological polar surface area (TPSA) is 68.3 Å². The zero-order chi connectivity index (χ0) is 25.3. The lowest BCUT2D eigenvalue weighted by Crippen LogP contribution is -2.35. The fourth-order valence-electron chi connectivity index (χ4n) is 4.53. The average Bonchev–Trinajstić information content (AvgIpc) is 2.88. The fraction of sp³-hybridized carbons (Fsp3) is 0.222. The van der Waals surface area contributed by atoms with Crippen LogP contribution in [0, 0.1) is 0 Å². The van der Waals surface area contributed by atoms with Gasteiger partial charge in [-0.25, -0.2) is 8.42 Å². The molecule has 1 aromatic heterocycles. The molecule has 1 fully saturated rings. The molecule has 4 aromatic rings. The first-order chi connectivity index (χ1) is 17.2. The molecule has 0 radical (unpaired) electrons. The number of para-hydroxylation sites is 1. The number of fused-ring (bicyclic) bond motifs is 1. The second-order valence-electron chi connectivity index (χ2n) is 8.66. The van der Waals surface area contributed by atoms with Gasteiger partial charge in [0.1, 0.15) is 11.5 Å². The summed E-state index contributed by atoms with van der Waals surface area (Å²) in [6, 6.07) is 19.0. The Morgan fingerprint density at radius 3 is 2.33 bits per heavy atom. The summed E-state index contributed by atoms with van der Waals surface area (Å²) in [5.74, 6) is 0.793. The van der Waals surface area contributed by atoms with E-state index in [9.17, 15) is 21.6 Å². The number of alkyl halides is 3. The Balaban J connectivity index is 1.46. The SMILES string of the molecule is O=S(=O)(c1cccc(Oc2cccc(-c3ccnc4c(C(F)(F)F)cccc34)c2)c1)C1CCNCC1. The van der Waals surface area contributed by atoms with Gasteiger partial charge >= 0.3 is 6.18 Å². The quantitative estimate of drug-likeness (QED) is 0.343. The predicted molar refractivity (Wildman–Crippen MR) is 132 cm³/mol. The Kier molecular flexibility index (Phi) is 6.44. The lowest BCUT2D eigenvalue weighted by atomic mass is 9.99. The second-order valence-corrected chi connectivity index (χ2v) is 10.9. The molecule has 1 aliphatic heterocycles. The Bertz CT molecular complexity index is 1510. The van der Waals surface area contributed by atoms with E-state index in [0.29, 0.717) is 53.9 Å². The highest BCUT2D eigenvalue weighted by atomic mass is 32.2. The predicted octanol–water partition coefficient (Wildman–Crippen LogP) is 6.24. The van der Waals surface area contributed by atoms with Gasteiger partial charge < -0.3 is 10.1 Å². The van der Waals surface area contributed by atoms with E-state index in [1.54, 1.807) is 54.6 Å². The van der Waals surface area contributed by atoms with E-state index >= 15 is 0 Å². The molecule has 0 spiro atoms. The van der Waals surface area contributed by atoms with Gasteiger partial charge in [0.15, 0.2) is 9.84 Å². The van der Waals surface area contributed by atoms with E-state index in [1.165, 1.54) is 18.3 Å². The number of nitrogens with zero attached hydrogens (tertiary/aromatic N) is 1. The molecule has 1 saturated heterocycles. The monoisotopic (exact) mass is 512 g/mol. The number of piperidine rings is 1. The Morgan fingerprint density at radius 1 is 0.889 bits per heavy atom. The van der Waals surface area contributed by atoms with E-state index < -0.39 is 26.8 Å². The van der Waals surface area contributed by atoms with Crippen molar-refractivity contribution >= 4 is 20.7 Å².